The molecule has 0 aliphatic carbocycles. The molecule has 82 valence electrons. The molecule has 2 N–H and O–H groups in total. The predicted molar refractivity (Wildman–Crippen MR) is 58.5 cm³/mol. The Balaban J connectivity index is 2.81. The van der Waals surface area contributed by atoms with Crippen molar-refractivity contribution in [2.75, 3.05) is 0 Å². The van der Waals surface area contributed by atoms with E-state index in [1.54, 1.807) is 0 Å². The van der Waals surface area contributed by atoms with Gasteiger partial charge in [0.25, 0.3) is 5.91 Å². The van der Waals surface area contributed by atoms with Gasteiger partial charge in [0, 0.05) is 18.3 Å². The quantitative estimate of drug-likeness (QED) is 0.801. The van der Waals surface area contributed by atoms with Gasteiger partial charge in [-0.05, 0) is 12.8 Å². The van der Waals surface area contributed by atoms with Gasteiger partial charge in [-0.15, -0.1) is 0 Å². The van der Waals surface area contributed by atoms with Gasteiger partial charge in [-0.3, -0.25) is 4.79 Å². The van der Waals surface area contributed by atoms with Gasteiger partial charge in [0.15, 0.2) is 0 Å². The van der Waals surface area contributed by atoms with Crippen LogP contribution >= 0.6 is 0 Å². The molecule has 1 unspecified atom stereocenters. The van der Waals surface area contributed by atoms with Crippen molar-refractivity contribution < 1.29 is 4.79 Å². The highest BCUT2D eigenvalue weighted by molar-refractivity contribution is 5.92. The van der Waals surface area contributed by atoms with Gasteiger partial charge in [-0.25, -0.2) is 9.97 Å². The van der Waals surface area contributed by atoms with Crippen molar-refractivity contribution in [1.29, 1.82) is 0 Å². The molecule has 4 heteroatoms. The molecule has 1 rings (SSSR count). The van der Waals surface area contributed by atoms with Crippen LogP contribution in [0.3, 0.4) is 0 Å². The number of primary amides is 1. The van der Waals surface area contributed by atoms with Crippen LogP contribution in [-0.2, 0) is 0 Å². The lowest BCUT2D eigenvalue weighted by atomic mass is 10.00. The average Bonchev–Trinajstić information content (AvgIpc) is 2.26. The van der Waals surface area contributed by atoms with Crippen LogP contribution in [0.1, 0.15) is 55.2 Å². The minimum Gasteiger partial charge on any atom is -0.366 e. The maximum absolute atomic E-state index is 10.8. The molecule has 1 aromatic heterocycles. The van der Waals surface area contributed by atoms with Crippen molar-refractivity contribution in [1.82, 2.24) is 9.97 Å². The molecule has 0 spiro atoms. The van der Waals surface area contributed by atoms with Crippen molar-refractivity contribution in [2.24, 2.45) is 5.73 Å². The summed E-state index contributed by atoms with van der Waals surface area (Å²) in [6, 6.07) is 0. The van der Waals surface area contributed by atoms with E-state index in [4.69, 9.17) is 5.73 Å². The average molecular weight is 207 g/mol. The van der Waals surface area contributed by atoms with Gasteiger partial charge in [-0.1, -0.05) is 20.3 Å². The molecule has 1 atom stereocenters. The zero-order valence-electron chi connectivity index (χ0n) is 9.23. The number of amides is 1. The van der Waals surface area contributed by atoms with Crippen LogP contribution < -0.4 is 5.73 Å². The first-order chi connectivity index (χ1) is 7.19. The Morgan fingerprint density at radius 2 is 2.00 bits per heavy atom. The van der Waals surface area contributed by atoms with E-state index in [1.165, 1.54) is 12.4 Å². The highest BCUT2D eigenvalue weighted by Gasteiger charge is 2.11. The lowest BCUT2D eigenvalue weighted by Gasteiger charge is -2.11. The monoisotopic (exact) mass is 207 g/mol. The molecule has 1 amide bonds. The summed E-state index contributed by atoms with van der Waals surface area (Å²) in [5.41, 5.74) is 5.48. The fraction of sp³-hybridized carbons (Fsp3) is 0.545. The van der Waals surface area contributed by atoms with E-state index < -0.39 is 5.91 Å². The lowest BCUT2D eigenvalue weighted by Crippen LogP contribution is -2.13. The second kappa shape index (κ2) is 5.44. The minimum atomic E-state index is -0.481. The van der Waals surface area contributed by atoms with Crippen LogP contribution in [-0.4, -0.2) is 15.9 Å². The summed E-state index contributed by atoms with van der Waals surface area (Å²) < 4.78 is 0. The maximum Gasteiger partial charge on any atom is 0.251 e. The predicted octanol–water partition coefficient (Wildman–Crippen LogP) is 1.87. The summed E-state index contributed by atoms with van der Waals surface area (Å²) in [7, 11) is 0. The van der Waals surface area contributed by atoms with E-state index in [0.29, 0.717) is 11.5 Å². The first-order valence-electron chi connectivity index (χ1n) is 5.30. The maximum atomic E-state index is 10.8. The molecule has 4 nitrogen and oxygen atoms in total. The second-order valence-electron chi connectivity index (χ2n) is 3.59. The van der Waals surface area contributed by atoms with Gasteiger partial charge < -0.3 is 5.73 Å². The number of rotatable bonds is 5. The molecule has 0 saturated heterocycles. The summed E-state index contributed by atoms with van der Waals surface area (Å²) in [5, 5.41) is 0. The van der Waals surface area contributed by atoms with E-state index in [0.717, 1.165) is 25.1 Å². The van der Waals surface area contributed by atoms with Gasteiger partial charge in [-0.2, -0.15) is 0 Å². The Morgan fingerprint density at radius 1 is 1.40 bits per heavy atom. The minimum absolute atomic E-state index is 0.366. The molecule has 0 radical (unpaired) electrons. The summed E-state index contributed by atoms with van der Waals surface area (Å²) >= 11 is 0. The fourth-order valence-electron chi connectivity index (χ4n) is 1.54. The normalized spacial score (nSPS) is 12.4. The third kappa shape index (κ3) is 3.01. The molecule has 1 heterocycles. The van der Waals surface area contributed by atoms with E-state index in [1.807, 2.05) is 0 Å². The fourth-order valence-corrected chi connectivity index (χ4v) is 1.54. The summed E-state index contributed by atoms with van der Waals surface area (Å²) in [5.74, 6) is 0.714. The van der Waals surface area contributed by atoms with Crippen LogP contribution in [0.25, 0.3) is 0 Å². The van der Waals surface area contributed by atoms with Crippen molar-refractivity contribution in [3.8, 4) is 0 Å². The summed E-state index contributed by atoms with van der Waals surface area (Å²) in [6.45, 7) is 4.26. The van der Waals surface area contributed by atoms with Gasteiger partial charge in [0.2, 0.25) is 0 Å². The largest absolute Gasteiger partial charge is 0.366 e. The molecular formula is C11H17N3O. The molecular weight excluding hydrogens is 190 g/mol. The number of carbonyl (C=O) groups excluding carboxylic acids is 1. The zero-order chi connectivity index (χ0) is 11.3. The Kier molecular flexibility index (Phi) is 4.21. The van der Waals surface area contributed by atoms with E-state index in [-0.39, 0.29) is 0 Å². The summed E-state index contributed by atoms with van der Waals surface area (Å²) in [4.78, 5) is 19.2. The molecule has 0 bridgehead atoms. The highest BCUT2D eigenvalue weighted by atomic mass is 16.1. The lowest BCUT2D eigenvalue weighted by molar-refractivity contribution is 0.0999. The molecule has 1 aromatic rings. The van der Waals surface area contributed by atoms with Crippen LogP contribution in [0.5, 0.6) is 0 Å². The Morgan fingerprint density at radius 3 is 2.40 bits per heavy atom. The Labute approximate surface area is 89.9 Å². The Hall–Kier alpha value is -1.45. The van der Waals surface area contributed by atoms with Crippen molar-refractivity contribution >= 4 is 5.91 Å². The number of aromatic nitrogens is 2. The van der Waals surface area contributed by atoms with Gasteiger partial charge in [0.05, 0.1) is 5.56 Å². The van der Waals surface area contributed by atoms with E-state index >= 15 is 0 Å². The number of nitrogens with zero attached hydrogens (tertiary/aromatic N) is 2. The first-order valence-corrected chi connectivity index (χ1v) is 5.30. The summed E-state index contributed by atoms with van der Waals surface area (Å²) in [6.07, 6.45) is 6.21. The van der Waals surface area contributed by atoms with Crippen molar-refractivity contribution in [3.05, 3.63) is 23.8 Å². The SMILES string of the molecule is CCCC(CC)c1ncc(C(N)=O)cn1. The van der Waals surface area contributed by atoms with E-state index in [9.17, 15) is 4.79 Å². The van der Waals surface area contributed by atoms with Crippen molar-refractivity contribution in [3.63, 3.8) is 0 Å². The molecule has 0 aliphatic rings. The van der Waals surface area contributed by atoms with E-state index in [2.05, 4.69) is 23.8 Å². The number of hydrogen-bond acceptors (Lipinski definition) is 3. The zero-order valence-corrected chi connectivity index (χ0v) is 9.23. The third-order valence-electron chi connectivity index (χ3n) is 2.45. The number of carbonyl (C=O) groups is 1. The second-order valence-corrected chi connectivity index (χ2v) is 3.59. The third-order valence-corrected chi connectivity index (χ3v) is 2.45. The number of nitrogens with two attached hydrogens (primary N) is 1. The molecule has 0 aliphatic heterocycles. The van der Waals surface area contributed by atoms with Crippen molar-refractivity contribution in [2.45, 2.75) is 39.0 Å². The topological polar surface area (TPSA) is 68.9 Å². The van der Waals surface area contributed by atoms with Crippen LogP contribution in [0.2, 0.25) is 0 Å². The van der Waals surface area contributed by atoms with Crippen LogP contribution in [0, 0.1) is 0 Å². The first kappa shape index (κ1) is 11.6. The van der Waals surface area contributed by atoms with Gasteiger partial charge >= 0.3 is 0 Å². The highest BCUT2D eigenvalue weighted by Crippen LogP contribution is 2.20. The smallest absolute Gasteiger partial charge is 0.251 e. The number of hydrogen-bond donors (Lipinski definition) is 1. The molecule has 15 heavy (non-hydrogen) atoms. The van der Waals surface area contributed by atoms with Crippen LogP contribution in [0.4, 0.5) is 0 Å². The molecule has 0 saturated carbocycles. The molecule has 0 fully saturated rings. The standard InChI is InChI=1S/C11H17N3O/c1-3-5-8(4-2)11-13-6-9(7-14-11)10(12)15/h6-8H,3-5H2,1-2H3,(H2,12,15). The Bertz CT molecular complexity index is 321. The van der Waals surface area contributed by atoms with Gasteiger partial charge in [0.1, 0.15) is 5.82 Å². The van der Waals surface area contributed by atoms with Crippen LogP contribution in [0.15, 0.2) is 12.4 Å². The molecule has 0 aromatic carbocycles.